The number of esters is 1. The Labute approximate surface area is 130 Å². The molecule has 0 spiro atoms. The van der Waals surface area contributed by atoms with E-state index in [0.717, 1.165) is 19.3 Å². The lowest BCUT2D eigenvalue weighted by Gasteiger charge is -2.25. The van der Waals surface area contributed by atoms with Crippen molar-refractivity contribution >= 4 is 16.7 Å². The number of fused-ring (bicyclic) bond motifs is 2. The van der Waals surface area contributed by atoms with Crippen molar-refractivity contribution in [2.75, 3.05) is 0 Å². The van der Waals surface area contributed by atoms with Gasteiger partial charge in [0.15, 0.2) is 0 Å². The zero-order valence-electron chi connectivity index (χ0n) is 12.8. The molecule has 0 radical (unpaired) electrons. The molecule has 1 aliphatic carbocycles. The van der Waals surface area contributed by atoms with Gasteiger partial charge in [0.1, 0.15) is 6.10 Å². The molecule has 2 aromatic rings. The van der Waals surface area contributed by atoms with Crippen LogP contribution in [0, 0.1) is 11.3 Å². The summed E-state index contributed by atoms with van der Waals surface area (Å²) in [7, 11) is 0. The van der Waals surface area contributed by atoms with Crippen molar-refractivity contribution in [2.24, 2.45) is 11.3 Å². The van der Waals surface area contributed by atoms with Crippen molar-refractivity contribution in [3.8, 4) is 0 Å². The molecule has 0 unspecified atom stereocenters. The maximum Gasteiger partial charge on any atom is 0.313 e. The zero-order valence-corrected chi connectivity index (χ0v) is 12.8. The molecule has 1 saturated carbocycles. The van der Waals surface area contributed by atoms with Crippen LogP contribution in [0.2, 0.25) is 0 Å². The van der Waals surface area contributed by atoms with Gasteiger partial charge < -0.3 is 4.74 Å². The van der Waals surface area contributed by atoms with E-state index < -0.39 is 0 Å². The third-order valence-electron chi connectivity index (χ3n) is 5.38. The van der Waals surface area contributed by atoms with E-state index >= 15 is 0 Å². The number of rotatable bonds is 2. The van der Waals surface area contributed by atoms with Gasteiger partial charge in [-0.15, -0.1) is 0 Å². The molecule has 0 N–H and O–H groups in total. The highest BCUT2D eigenvalue weighted by atomic mass is 16.6. The minimum absolute atomic E-state index is 0.00667. The summed E-state index contributed by atoms with van der Waals surface area (Å²) in [5.74, 6) is 0.246. The fourth-order valence-corrected chi connectivity index (χ4v) is 4.34. The van der Waals surface area contributed by atoms with Crippen LogP contribution in [0.1, 0.15) is 25.3 Å². The number of ether oxygens (including phenoxy) is 1. The largest absolute Gasteiger partial charge is 0.462 e. The summed E-state index contributed by atoms with van der Waals surface area (Å²) in [5, 5.41) is 2.46. The number of carbonyl (C=O) groups is 1. The second kappa shape index (κ2) is 4.70. The lowest BCUT2D eigenvalue weighted by molar-refractivity contribution is -0.148. The Bertz CT molecular complexity index is 776. The van der Waals surface area contributed by atoms with Gasteiger partial charge in [0, 0.05) is 5.92 Å². The molecule has 2 nitrogen and oxygen atoms in total. The molecule has 3 atom stereocenters. The summed E-state index contributed by atoms with van der Waals surface area (Å²) >= 11 is 0. The number of carbonyl (C=O) groups excluding carboxylic acids is 1. The maximum atomic E-state index is 12.5. The number of allylic oxidation sites excluding steroid dienone is 1. The first kappa shape index (κ1) is 13.6. The molecule has 4 rings (SSSR count). The molecule has 0 bridgehead atoms. The van der Waals surface area contributed by atoms with Crippen molar-refractivity contribution < 1.29 is 9.53 Å². The second-order valence-electron chi connectivity index (χ2n) is 6.86. The van der Waals surface area contributed by atoms with Crippen LogP contribution in [0.15, 0.2) is 54.6 Å². The van der Waals surface area contributed by atoms with Gasteiger partial charge >= 0.3 is 5.97 Å². The highest BCUT2D eigenvalue weighted by molar-refractivity contribution is 5.84. The Morgan fingerprint density at radius 1 is 1.23 bits per heavy atom. The fraction of sp³-hybridized carbons (Fsp3) is 0.350. The predicted octanol–water partition coefficient (Wildman–Crippen LogP) is 4.28. The number of hydrogen-bond acceptors (Lipinski definition) is 2. The Hall–Kier alpha value is -2.09. The van der Waals surface area contributed by atoms with Gasteiger partial charge in [-0.25, -0.2) is 0 Å². The van der Waals surface area contributed by atoms with Crippen LogP contribution < -0.4 is 0 Å². The van der Waals surface area contributed by atoms with Crippen LogP contribution >= 0.6 is 0 Å². The van der Waals surface area contributed by atoms with E-state index in [1.54, 1.807) is 0 Å². The van der Waals surface area contributed by atoms with E-state index in [2.05, 4.69) is 43.0 Å². The standard InChI is InChI=1S/C20H20O2/c1-13-9-18-14(2)22-19(21)20(18,11-13)12-15-7-8-16-5-3-4-6-17(16)10-15/h3-8,10,14,18H,1,9,11-12H2,2H3/t14-,18+,20+/m0/s1. The smallest absolute Gasteiger partial charge is 0.313 e. The summed E-state index contributed by atoms with van der Waals surface area (Å²) < 4.78 is 5.56. The first-order valence-corrected chi connectivity index (χ1v) is 7.94. The topological polar surface area (TPSA) is 26.3 Å². The first-order valence-electron chi connectivity index (χ1n) is 7.94. The van der Waals surface area contributed by atoms with Crippen molar-refractivity contribution in [3.63, 3.8) is 0 Å². The predicted molar refractivity (Wildman–Crippen MR) is 87.5 cm³/mol. The number of cyclic esters (lactones) is 1. The molecule has 2 aromatic carbocycles. The Morgan fingerprint density at radius 2 is 2.00 bits per heavy atom. The number of benzene rings is 2. The Morgan fingerprint density at radius 3 is 2.82 bits per heavy atom. The summed E-state index contributed by atoms with van der Waals surface area (Å²) in [6, 6.07) is 14.8. The minimum atomic E-state index is -0.390. The average molecular weight is 292 g/mol. The third-order valence-corrected chi connectivity index (χ3v) is 5.38. The monoisotopic (exact) mass is 292 g/mol. The molecule has 112 valence electrons. The first-order chi connectivity index (χ1) is 10.6. The van der Waals surface area contributed by atoms with Crippen LogP contribution in [0.3, 0.4) is 0 Å². The van der Waals surface area contributed by atoms with Crippen LogP contribution in [-0.2, 0) is 16.0 Å². The summed E-state index contributed by atoms with van der Waals surface area (Å²) in [6.45, 7) is 6.15. The van der Waals surface area contributed by atoms with Crippen molar-refractivity contribution in [3.05, 3.63) is 60.2 Å². The highest BCUT2D eigenvalue weighted by Crippen LogP contribution is 2.55. The molecule has 0 aromatic heterocycles. The Balaban J connectivity index is 1.73. The van der Waals surface area contributed by atoms with E-state index in [1.807, 2.05) is 13.0 Å². The maximum absolute atomic E-state index is 12.5. The van der Waals surface area contributed by atoms with E-state index in [4.69, 9.17) is 4.74 Å². The van der Waals surface area contributed by atoms with Crippen LogP contribution in [0.25, 0.3) is 10.8 Å². The molecule has 0 amide bonds. The van der Waals surface area contributed by atoms with E-state index in [9.17, 15) is 4.79 Å². The van der Waals surface area contributed by atoms with Crippen molar-refractivity contribution in [1.29, 1.82) is 0 Å². The summed E-state index contributed by atoms with van der Waals surface area (Å²) in [5.41, 5.74) is 2.01. The van der Waals surface area contributed by atoms with Gasteiger partial charge in [-0.05, 0) is 42.5 Å². The lowest BCUT2D eigenvalue weighted by Crippen LogP contribution is -2.32. The SMILES string of the molecule is C=C1C[C@@H]2[C@H](C)OC(=O)[C@@]2(Cc2ccc3ccccc3c2)C1. The van der Waals surface area contributed by atoms with Gasteiger partial charge in [0.05, 0.1) is 5.41 Å². The van der Waals surface area contributed by atoms with Crippen molar-refractivity contribution in [1.82, 2.24) is 0 Å². The number of hydrogen-bond donors (Lipinski definition) is 0. The van der Waals surface area contributed by atoms with Crippen LogP contribution in [0.5, 0.6) is 0 Å². The van der Waals surface area contributed by atoms with Gasteiger partial charge in [0.2, 0.25) is 0 Å². The van der Waals surface area contributed by atoms with E-state index in [-0.39, 0.29) is 23.4 Å². The normalized spacial score (nSPS) is 30.6. The highest BCUT2D eigenvalue weighted by Gasteiger charge is 2.58. The molecule has 22 heavy (non-hydrogen) atoms. The summed E-state index contributed by atoms with van der Waals surface area (Å²) in [6.07, 6.45) is 2.45. The van der Waals surface area contributed by atoms with E-state index in [1.165, 1.54) is 21.9 Å². The van der Waals surface area contributed by atoms with Gasteiger partial charge in [0.25, 0.3) is 0 Å². The fourth-order valence-electron chi connectivity index (χ4n) is 4.34. The van der Waals surface area contributed by atoms with E-state index in [0.29, 0.717) is 0 Å². The van der Waals surface area contributed by atoms with Gasteiger partial charge in [-0.1, -0.05) is 54.6 Å². The van der Waals surface area contributed by atoms with Crippen LogP contribution in [0.4, 0.5) is 0 Å². The van der Waals surface area contributed by atoms with Crippen molar-refractivity contribution in [2.45, 2.75) is 32.3 Å². The molecule has 1 saturated heterocycles. The molecule has 2 fully saturated rings. The van der Waals surface area contributed by atoms with Gasteiger partial charge in [-0.2, -0.15) is 0 Å². The zero-order chi connectivity index (χ0) is 15.3. The summed E-state index contributed by atoms with van der Waals surface area (Å²) in [4.78, 5) is 12.5. The molecule has 1 heterocycles. The molecule has 2 heteroatoms. The lowest BCUT2D eigenvalue weighted by atomic mass is 9.73. The minimum Gasteiger partial charge on any atom is -0.462 e. The molecular weight excluding hydrogens is 272 g/mol. The molecule has 2 aliphatic rings. The van der Waals surface area contributed by atoms with Crippen LogP contribution in [-0.4, -0.2) is 12.1 Å². The molecular formula is C20H20O2. The quantitative estimate of drug-likeness (QED) is 0.610. The third kappa shape index (κ3) is 1.90. The van der Waals surface area contributed by atoms with Gasteiger partial charge in [-0.3, -0.25) is 4.79 Å². The Kier molecular flexibility index (Phi) is 2.90. The second-order valence-corrected chi connectivity index (χ2v) is 6.86. The molecule has 1 aliphatic heterocycles. The average Bonchev–Trinajstić information content (AvgIpc) is 2.94.